The Balaban J connectivity index is 1.78. The Morgan fingerprint density at radius 3 is 2.12 bits per heavy atom. The summed E-state index contributed by atoms with van der Waals surface area (Å²) < 4.78 is 0. The van der Waals surface area contributed by atoms with Gasteiger partial charge >= 0.3 is 0 Å². The molecule has 2 aromatic carbocycles. The van der Waals surface area contributed by atoms with Gasteiger partial charge in [0.15, 0.2) is 11.7 Å². The number of rotatable bonds is 17. The van der Waals surface area contributed by atoms with Crippen LogP contribution in [-0.4, -0.2) is 113 Å². The Morgan fingerprint density at radius 1 is 0.750 bits per heavy atom. The summed E-state index contributed by atoms with van der Waals surface area (Å²) in [5, 5.41) is 13.9. The molecule has 390 valence electrons. The van der Waals surface area contributed by atoms with Crippen LogP contribution in [0.3, 0.4) is 0 Å². The molecule has 0 bridgehead atoms. The zero-order valence-corrected chi connectivity index (χ0v) is 40.8. The molecule has 3 aromatic rings. The van der Waals surface area contributed by atoms with Gasteiger partial charge in [-0.25, -0.2) is 0 Å². The van der Waals surface area contributed by atoms with Crippen molar-refractivity contribution >= 4 is 75.6 Å². The third-order valence-electron chi connectivity index (χ3n) is 12.5. The lowest BCUT2D eigenvalue weighted by Gasteiger charge is -2.27. The smallest absolute Gasteiger partial charge is 0.243 e. The Bertz CT molecular complexity index is 2420. The highest BCUT2D eigenvalue weighted by Gasteiger charge is 2.35. The van der Waals surface area contributed by atoms with Crippen molar-refractivity contribution in [2.24, 2.45) is 45.5 Å². The van der Waals surface area contributed by atoms with Crippen LogP contribution in [0.2, 0.25) is 0 Å². The Labute approximate surface area is 417 Å². The van der Waals surface area contributed by atoms with Gasteiger partial charge in [0.25, 0.3) is 0 Å². The summed E-state index contributed by atoms with van der Waals surface area (Å²) in [5.74, 6) is -9.42. The van der Waals surface area contributed by atoms with Gasteiger partial charge in [0, 0.05) is 68.1 Å². The molecule has 7 atom stereocenters. The molecule has 22 nitrogen and oxygen atoms in total. The molecule has 0 radical (unpaired) electrons. The first-order valence-electron chi connectivity index (χ1n) is 24.3. The average molecular weight is 999 g/mol. The highest BCUT2D eigenvalue weighted by molar-refractivity contribution is 5.99. The van der Waals surface area contributed by atoms with Gasteiger partial charge in [-0.3, -0.25) is 52.9 Å². The minimum absolute atomic E-state index is 0.0292. The maximum atomic E-state index is 14.7. The number of H-pyrrole nitrogens is 1. The maximum Gasteiger partial charge on any atom is 0.243 e. The van der Waals surface area contributed by atoms with E-state index in [1.54, 1.807) is 36.5 Å². The van der Waals surface area contributed by atoms with E-state index in [-0.39, 0.29) is 95.5 Å². The summed E-state index contributed by atoms with van der Waals surface area (Å²) in [6.45, 7) is 1.52. The highest BCUT2D eigenvalue weighted by Crippen LogP contribution is 2.26. The van der Waals surface area contributed by atoms with E-state index >= 15 is 0 Å². The third-order valence-corrected chi connectivity index (χ3v) is 12.5. The fourth-order valence-electron chi connectivity index (χ4n) is 8.64. The van der Waals surface area contributed by atoms with Crippen molar-refractivity contribution in [1.82, 2.24) is 31.6 Å². The number of hydrogen-bond donors (Lipinski definition) is 11. The zero-order valence-electron chi connectivity index (χ0n) is 40.8. The van der Waals surface area contributed by atoms with Crippen LogP contribution in [0.1, 0.15) is 102 Å². The SMILES string of the molecule is CC(=O)N[C@@H](CCCN)C(=O)N[C@H]1CCCCC(=O)CC[C@@H](C(N)=O)NC(=O)[C@H](Cc2c[nH]c3ccccc23)CC(=O)[C@H](CCCN=C(N)N)CC(=O)[C@@H](Cc2ccccc2)NC(=O)[C@H](CC(N)=O)NC1=O. The van der Waals surface area contributed by atoms with Crippen molar-refractivity contribution in [3.63, 3.8) is 0 Å². The minimum atomic E-state index is -1.66. The molecule has 4 rings (SSSR count). The normalized spacial score (nSPS) is 21.9. The molecule has 1 saturated heterocycles. The van der Waals surface area contributed by atoms with Crippen LogP contribution >= 0.6 is 0 Å². The number of aromatic amines is 1. The second kappa shape index (κ2) is 29.0. The molecule has 0 unspecified atom stereocenters. The number of guanidine groups is 1. The minimum Gasteiger partial charge on any atom is -0.370 e. The van der Waals surface area contributed by atoms with Crippen LogP contribution in [0, 0.1) is 11.8 Å². The first kappa shape index (κ1) is 57.1. The molecule has 7 amide bonds. The van der Waals surface area contributed by atoms with Crippen LogP contribution in [0.5, 0.6) is 0 Å². The van der Waals surface area contributed by atoms with E-state index in [2.05, 4.69) is 36.6 Å². The lowest BCUT2D eigenvalue weighted by Crippen LogP contribution is -2.58. The first-order chi connectivity index (χ1) is 34.3. The van der Waals surface area contributed by atoms with Crippen LogP contribution in [0.25, 0.3) is 10.9 Å². The van der Waals surface area contributed by atoms with Crippen LogP contribution in [-0.2, 0) is 60.8 Å². The van der Waals surface area contributed by atoms with Gasteiger partial charge in [0.2, 0.25) is 41.4 Å². The number of hydrogen-bond acceptors (Lipinski definition) is 12. The number of primary amides is 2. The second-order valence-corrected chi connectivity index (χ2v) is 18.3. The van der Waals surface area contributed by atoms with E-state index in [9.17, 15) is 47.9 Å². The van der Waals surface area contributed by atoms with Crippen molar-refractivity contribution in [2.45, 2.75) is 133 Å². The van der Waals surface area contributed by atoms with Crippen molar-refractivity contribution in [1.29, 1.82) is 0 Å². The lowest BCUT2D eigenvalue weighted by molar-refractivity contribution is -0.136. The second-order valence-electron chi connectivity index (χ2n) is 18.3. The number of nitrogens with two attached hydrogens (primary N) is 5. The van der Waals surface area contributed by atoms with Crippen LogP contribution in [0.4, 0.5) is 0 Å². The number of ketones is 3. The summed E-state index contributed by atoms with van der Waals surface area (Å²) >= 11 is 0. The van der Waals surface area contributed by atoms with Crippen molar-refractivity contribution in [3.05, 3.63) is 71.9 Å². The molecule has 0 spiro atoms. The molecule has 1 aliphatic rings. The molecule has 1 aliphatic heterocycles. The molecule has 16 N–H and O–H groups in total. The molecule has 72 heavy (non-hydrogen) atoms. The zero-order chi connectivity index (χ0) is 52.7. The fourth-order valence-corrected chi connectivity index (χ4v) is 8.64. The number of Topliss-reactive ketones (excluding diaryl/α,β-unsaturated/α-hetero) is 3. The largest absolute Gasteiger partial charge is 0.370 e. The van der Waals surface area contributed by atoms with E-state index in [1.807, 2.05) is 24.3 Å². The van der Waals surface area contributed by atoms with E-state index in [0.29, 0.717) is 17.5 Å². The van der Waals surface area contributed by atoms with E-state index in [1.165, 1.54) is 6.92 Å². The van der Waals surface area contributed by atoms with Crippen LogP contribution in [0.15, 0.2) is 65.8 Å². The molecular formula is C50H70N12O10. The Kier molecular flexibility index (Phi) is 23.0. The highest BCUT2D eigenvalue weighted by atomic mass is 16.2. The average Bonchev–Trinajstić information content (AvgIpc) is 3.74. The molecular weight excluding hydrogens is 929 g/mol. The number of aliphatic imine (C=N–C) groups is 1. The van der Waals surface area contributed by atoms with Crippen molar-refractivity contribution in [3.8, 4) is 0 Å². The van der Waals surface area contributed by atoms with Gasteiger partial charge in [-0.1, -0.05) is 55.0 Å². The van der Waals surface area contributed by atoms with E-state index in [4.69, 9.17) is 28.7 Å². The van der Waals surface area contributed by atoms with Crippen molar-refractivity contribution in [2.75, 3.05) is 13.1 Å². The van der Waals surface area contributed by atoms with Gasteiger partial charge in [-0.15, -0.1) is 0 Å². The van der Waals surface area contributed by atoms with Crippen LogP contribution < -0.4 is 55.3 Å². The number of aromatic nitrogens is 1. The predicted molar refractivity (Wildman–Crippen MR) is 268 cm³/mol. The van der Waals surface area contributed by atoms with Crippen molar-refractivity contribution < 1.29 is 47.9 Å². The Hall–Kier alpha value is -7.49. The molecule has 0 aliphatic carbocycles. The van der Waals surface area contributed by atoms with Gasteiger partial charge in [-0.2, -0.15) is 0 Å². The lowest BCUT2D eigenvalue weighted by atomic mass is 9.83. The number of carbonyl (C=O) groups excluding carboxylic acids is 10. The molecule has 1 aromatic heterocycles. The number of nitrogens with one attached hydrogen (secondary N) is 6. The molecule has 2 heterocycles. The summed E-state index contributed by atoms with van der Waals surface area (Å²) in [6.07, 6.45) is 0.839. The number of para-hydroxylation sites is 1. The number of carbonyl (C=O) groups is 10. The fraction of sp³-hybridized carbons (Fsp3) is 0.500. The first-order valence-corrected chi connectivity index (χ1v) is 24.3. The number of benzene rings is 2. The quantitative estimate of drug-likeness (QED) is 0.0468. The maximum absolute atomic E-state index is 14.7. The predicted octanol–water partition coefficient (Wildman–Crippen LogP) is -0.376. The number of amides is 7. The molecule has 0 saturated carbocycles. The standard InChI is InChI=1S/C50H70N12O10/c1-29(63)58-38(18-9-21-51)47(70)60-39-17-7-5-14-34(64)19-20-37(45(53)68)59-46(69)32(24-33-28-57-36-16-8-6-15-35(33)36)26-42(65)31(13-10-22-56-50(54)55)25-43(66)40(23-30-11-3-2-4-12-30)61-49(72)41(27-44(52)67)62-48(39)71/h2-4,6,8,11-12,15-16,28,31-32,37-41,57H,5,7,9-10,13-14,17-27,51H2,1H3,(H2,52,67)(H2,53,68)(H,58,63)(H,59,69)(H,60,70)(H,61,72)(H,62,71)(H4,54,55,56)/t31-,32-,37+,38+,39+,40-,41+/m1/s1. The monoisotopic (exact) mass is 999 g/mol. The van der Waals surface area contributed by atoms with E-state index < -0.39 is 114 Å². The van der Waals surface area contributed by atoms with E-state index in [0.717, 1.165) is 10.9 Å². The van der Waals surface area contributed by atoms with Gasteiger partial charge in [0.1, 0.15) is 35.7 Å². The topological polar surface area (TPSA) is 389 Å². The molecule has 1 fully saturated rings. The third kappa shape index (κ3) is 19.0. The number of fused-ring (bicyclic) bond motifs is 1. The van der Waals surface area contributed by atoms with Gasteiger partial charge in [-0.05, 0) is 81.5 Å². The number of nitrogens with zero attached hydrogens (tertiary/aromatic N) is 1. The van der Waals surface area contributed by atoms with Gasteiger partial charge < -0.3 is 60.2 Å². The summed E-state index contributed by atoms with van der Waals surface area (Å²) in [4.78, 5) is 144. The Morgan fingerprint density at radius 2 is 1.44 bits per heavy atom. The summed E-state index contributed by atoms with van der Waals surface area (Å²) in [6, 6.07) is 9.27. The summed E-state index contributed by atoms with van der Waals surface area (Å²) in [5.41, 5.74) is 30.3. The molecule has 22 heteroatoms. The van der Waals surface area contributed by atoms with Gasteiger partial charge in [0.05, 0.1) is 12.5 Å². The summed E-state index contributed by atoms with van der Waals surface area (Å²) in [7, 11) is 0.